The van der Waals surface area contributed by atoms with Crippen LogP contribution in [0, 0.1) is 12.3 Å². The van der Waals surface area contributed by atoms with E-state index >= 15 is 0 Å². The summed E-state index contributed by atoms with van der Waals surface area (Å²) in [5.41, 5.74) is 0.256. The molecule has 0 radical (unpaired) electrons. The predicted molar refractivity (Wildman–Crippen MR) is 103 cm³/mol. The van der Waals surface area contributed by atoms with Gasteiger partial charge in [0.2, 0.25) is 0 Å². The van der Waals surface area contributed by atoms with Crippen LogP contribution in [0.4, 0.5) is 0 Å². The fraction of sp³-hybridized carbons (Fsp3) is 0.524. The molecule has 7 heteroatoms. The Morgan fingerprint density at radius 1 is 1.29 bits per heavy atom. The first-order chi connectivity index (χ1) is 13.4. The van der Waals surface area contributed by atoms with Gasteiger partial charge in [-0.3, -0.25) is 18.8 Å². The van der Waals surface area contributed by atoms with Crippen LogP contribution in [0.2, 0.25) is 0 Å². The topological polar surface area (TPSA) is 81.0 Å². The number of aryl methyl sites for hydroxylation is 1. The Balaban J connectivity index is 1.75. The summed E-state index contributed by atoms with van der Waals surface area (Å²) >= 11 is 0. The molecule has 2 saturated heterocycles. The lowest BCUT2D eigenvalue weighted by Gasteiger charge is -2.34. The van der Waals surface area contributed by atoms with E-state index in [1.165, 1.54) is 10.6 Å². The maximum absolute atomic E-state index is 13.4. The summed E-state index contributed by atoms with van der Waals surface area (Å²) in [7, 11) is 0. The Labute approximate surface area is 163 Å². The molecule has 28 heavy (non-hydrogen) atoms. The second-order valence-corrected chi connectivity index (χ2v) is 7.73. The number of pyridine rings is 1. The number of carbonyl (C=O) groups is 2. The summed E-state index contributed by atoms with van der Waals surface area (Å²) < 4.78 is 6.81. The maximum atomic E-state index is 13.4. The van der Waals surface area contributed by atoms with Gasteiger partial charge in [0, 0.05) is 24.0 Å². The zero-order valence-corrected chi connectivity index (χ0v) is 16.5. The zero-order chi connectivity index (χ0) is 20.1. The summed E-state index contributed by atoms with van der Waals surface area (Å²) in [5.74, 6) is -0.561. The smallest absolute Gasteiger partial charge is 0.314 e. The summed E-state index contributed by atoms with van der Waals surface area (Å²) in [6, 6.07) is 5.11. The van der Waals surface area contributed by atoms with Gasteiger partial charge in [0.05, 0.1) is 12.0 Å². The van der Waals surface area contributed by atoms with E-state index in [-0.39, 0.29) is 35.1 Å². The standard InChI is InChI=1S/C21H25N3O4/c1-4-21(20(27)28-5-2)11-14-9-10-16(21)24(14)19(26)15-12-22-17-8-6-7-13(3)23(17)18(15)25/h6-8,12,14,16H,4-5,9-11H2,1-3H3/t14-,16+,21+/m1/s1. The Bertz CT molecular complexity index is 1010. The third-order valence-corrected chi connectivity index (χ3v) is 6.44. The van der Waals surface area contributed by atoms with Crippen molar-refractivity contribution in [2.75, 3.05) is 6.61 Å². The van der Waals surface area contributed by atoms with Crippen molar-refractivity contribution in [3.05, 3.63) is 46.0 Å². The van der Waals surface area contributed by atoms with E-state index in [0.717, 1.165) is 18.5 Å². The molecule has 2 fully saturated rings. The van der Waals surface area contributed by atoms with Gasteiger partial charge in [-0.05, 0) is 51.7 Å². The lowest BCUT2D eigenvalue weighted by Crippen LogP contribution is -2.46. The molecule has 148 valence electrons. The highest BCUT2D eigenvalue weighted by atomic mass is 16.5. The van der Waals surface area contributed by atoms with Crippen LogP contribution in [0.5, 0.6) is 0 Å². The monoisotopic (exact) mass is 383 g/mol. The largest absolute Gasteiger partial charge is 0.466 e. The van der Waals surface area contributed by atoms with Crippen LogP contribution in [0.1, 0.15) is 55.6 Å². The highest BCUT2D eigenvalue weighted by Gasteiger charge is 2.61. The number of rotatable bonds is 4. The third kappa shape index (κ3) is 2.48. The maximum Gasteiger partial charge on any atom is 0.314 e. The van der Waals surface area contributed by atoms with E-state index in [4.69, 9.17) is 4.74 Å². The molecule has 0 N–H and O–H groups in total. The second-order valence-electron chi connectivity index (χ2n) is 7.73. The van der Waals surface area contributed by atoms with Crippen molar-refractivity contribution in [2.45, 2.75) is 58.5 Å². The van der Waals surface area contributed by atoms with Crippen molar-refractivity contribution >= 4 is 17.5 Å². The van der Waals surface area contributed by atoms with Gasteiger partial charge in [0.15, 0.2) is 0 Å². The number of nitrogens with zero attached hydrogens (tertiary/aromatic N) is 3. The van der Waals surface area contributed by atoms with Crippen molar-refractivity contribution in [3.8, 4) is 0 Å². The second kappa shape index (κ2) is 6.72. The van der Waals surface area contributed by atoms with E-state index in [1.54, 1.807) is 17.9 Å². The molecule has 2 aromatic heterocycles. The first-order valence-electron chi connectivity index (χ1n) is 9.92. The van der Waals surface area contributed by atoms with Crippen molar-refractivity contribution in [1.29, 1.82) is 0 Å². The van der Waals surface area contributed by atoms with Crippen LogP contribution in [0.3, 0.4) is 0 Å². The number of amides is 1. The highest BCUT2D eigenvalue weighted by Crippen LogP contribution is 2.52. The molecule has 0 aromatic carbocycles. The van der Waals surface area contributed by atoms with E-state index < -0.39 is 5.41 Å². The fourth-order valence-corrected chi connectivity index (χ4v) is 5.07. The van der Waals surface area contributed by atoms with Crippen molar-refractivity contribution in [2.24, 2.45) is 5.41 Å². The number of esters is 1. The molecule has 2 aliphatic heterocycles. The number of aromatic nitrogens is 2. The minimum atomic E-state index is -0.676. The molecule has 0 unspecified atom stereocenters. The van der Waals surface area contributed by atoms with Crippen molar-refractivity contribution in [1.82, 2.24) is 14.3 Å². The molecule has 1 amide bonds. The number of carbonyl (C=O) groups excluding carboxylic acids is 2. The van der Waals surface area contributed by atoms with Gasteiger partial charge in [0.25, 0.3) is 11.5 Å². The van der Waals surface area contributed by atoms with Crippen LogP contribution in [-0.2, 0) is 9.53 Å². The van der Waals surface area contributed by atoms with E-state index in [2.05, 4.69) is 4.98 Å². The van der Waals surface area contributed by atoms with Gasteiger partial charge in [0.1, 0.15) is 11.2 Å². The molecule has 4 rings (SSSR count). The van der Waals surface area contributed by atoms with Gasteiger partial charge < -0.3 is 9.64 Å². The minimum absolute atomic E-state index is 0.0428. The Kier molecular flexibility index (Phi) is 4.48. The molecule has 0 aliphatic carbocycles. The number of fused-ring (bicyclic) bond motifs is 3. The molecule has 7 nitrogen and oxygen atoms in total. The van der Waals surface area contributed by atoms with Crippen LogP contribution < -0.4 is 5.56 Å². The zero-order valence-electron chi connectivity index (χ0n) is 16.5. The van der Waals surface area contributed by atoms with Crippen LogP contribution in [-0.4, -0.2) is 44.9 Å². The van der Waals surface area contributed by atoms with Gasteiger partial charge in [-0.1, -0.05) is 13.0 Å². The van der Waals surface area contributed by atoms with Gasteiger partial charge in [-0.2, -0.15) is 0 Å². The fourth-order valence-electron chi connectivity index (χ4n) is 5.07. The van der Waals surface area contributed by atoms with Crippen LogP contribution >= 0.6 is 0 Å². The Morgan fingerprint density at radius 3 is 2.79 bits per heavy atom. The third-order valence-electron chi connectivity index (χ3n) is 6.44. The highest BCUT2D eigenvalue weighted by molar-refractivity contribution is 5.95. The number of hydrogen-bond acceptors (Lipinski definition) is 5. The molecule has 2 bridgehead atoms. The number of hydrogen-bond donors (Lipinski definition) is 0. The molecule has 2 aromatic rings. The van der Waals surface area contributed by atoms with Gasteiger partial charge in [-0.15, -0.1) is 0 Å². The van der Waals surface area contributed by atoms with E-state index in [0.29, 0.717) is 25.1 Å². The van der Waals surface area contributed by atoms with E-state index in [1.807, 2.05) is 26.0 Å². The van der Waals surface area contributed by atoms with Crippen molar-refractivity contribution in [3.63, 3.8) is 0 Å². The normalized spacial score (nSPS) is 26.0. The summed E-state index contributed by atoms with van der Waals surface area (Å²) in [4.78, 5) is 45.2. The van der Waals surface area contributed by atoms with Crippen LogP contribution in [0.15, 0.2) is 29.2 Å². The van der Waals surface area contributed by atoms with Gasteiger partial charge in [-0.25, -0.2) is 4.98 Å². The SMILES string of the molecule is CCOC(=O)[C@@]1(CC)C[C@H]2CC[C@@H]1N2C(=O)c1cnc2cccc(C)n2c1=O. The summed E-state index contributed by atoms with van der Waals surface area (Å²) in [6.45, 7) is 5.89. The Hall–Kier alpha value is -2.70. The van der Waals surface area contributed by atoms with E-state index in [9.17, 15) is 14.4 Å². The van der Waals surface area contributed by atoms with Crippen LogP contribution in [0.25, 0.3) is 5.65 Å². The average Bonchev–Trinajstić information content (AvgIpc) is 3.24. The van der Waals surface area contributed by atoms with Gasteiger partial charge >= 0.3 is 5.97 Å². The molecule has 3 atom stereocenters. The Morgan fingerprint density at radius 2 is 2.07 bits per heavy atom. The lowest BCUT2D eigenvalue weighted by molar-refractivity contribution is -0.157. The summed E-state index contributed by atoms with van der Waals surface area (Å²) in [6.07, 6.45) is 4.18. The number of ether oxygens (including phenoxy) is 1. The molecule has 2 aliphatic rings. The minimum Gasteiger partial charge on any atom is -0.466 e. The average molecular weight is 383 g/mol. The predicted octanol–water partition coefficient (Wildman–Crippen LogP) is 2.34. The molecule has 0 spiro atoms. The molecular weight excluding hydrogens is 358 g/mol. The molecule has 0 saturated carbocycles. The molecule has 4 heterocycles. The van der Waals surface area contributed by atoms with Crippen molar-refractivity contribution < 1.29 is 14.3 Å². The first kappa shape index (κ1) is 18.7. The molecular formula is C21H25N3O4. The quantitative estimate of drug-likeness (QED) is 0.757. The lowest BCUT2D eigenvalue weighted by atomic mass is 9.72. The summed E-state index contributed by atoms with van der Waals surface area (Å²) in [5, 5.41) is 0. The first-order valence-corrected chi connectivity index (χ1v) is 9.92.